The van der Waals surface area contributed by atoms with Gasteiger partial charge >= 0.3 is 6.18 Å². The van der Waals surface area contributed by atoms with Crippen LogP contribution in [0.1, 0.15) is 32.4 Å². The number of allylic oxidation sites excluding steroid dienone is 2. The molecule has 2 atom stereocenters. The van der Waals surface area contributed by atoms with Crippen molar-refractivity contribution in [2.45, 2.75) is 38.9 Å². The van der Waals surface area contributed by atoms with E-state index in [1.807, 2.05) is 6.92 Å². The van der Waals surface area contributed by atoms with Crippen LogP contribution in [0.5, 0.6) is 5.75 Å². The van der Waals surface area contributed by atoms with Gasteiger partial charge in [0.05, 0.1) is 16.8 Å². The standard InChI is InChI=1S/C22H27F3N6O2S2/c1-14(2)34-20(18-8-10-27-21(30-18)29-16-5-4-9-26-11-16)15(3)33-17-6-7-19(28-12-17)31-35(32)13-22(23,24)25/h6-8,10,12,16,26H,1,4-5,9,11,13H2,2-3H3,(H,28,31)(H,27,29,30)/b20-15+. The average Bonchev–Trinajstić information content (AvgIpc) is 2.78. The van der Waals surface area contributed by atoms with Crippen molar-refractivity contribution >= 4 is 39.4 Å². The maximum Gasteiger partial charge on any atom is 0.402 e. The van der Waals surface area contributed by atoms with Gasteiger partial charge in [-0.15, -0.1) is 0 Å². The van der Waals surface area contributed by atoms with Gasteiger partial charge in [0.1, 0.15) is 34.1 Å². The Bertz CT molecular complexity index is 1070. The van der Waals surface area contributed by atoms with E-state index in [9.17, 15) is 17.4 Å². The van der Waals surface area contributed by atoms with Crippen LogP contribution in [0.4, 0.5) is 24.9 Å². The molecule has 8 nitrogen and oxygen atoms in total. The highest BCUT2D eigenvalue weighted by Crippen LogP contribution is 2.35. The summed E-state index contributed by atoms with van der Waals surface area (Å²) in [7, 11) is -2.33. The van der Waals surface area contributed by atoms with Crippen molar-refractivity contribution in [3.8, 4) is 5.75 Å². The summed E-state index contributed by atoms with van der Waals surface area (Å²) in [5, 5.41) is 6.71. The molecule has 190 valence electrons. The lowest BCUT2D eigenvalue weighted by molar-refractivity contribution is -0.105. The average molecular weight is 529 g/mol. The molecule has 2 unspecified atom stereocenters. The first-order chi connectivity index (χ1) is 16.6. The Labute approximate surface area is 208 Å². The van der Waals surface area contributed by atoms with E-state index in [0.717, 1.165) is 35.7 Å². The lowest BCUT2D eigenvalue weighted by Crippen LogP contribution is -2.38. The van der Waals surface area contributed by atoms with E-state index >= 15 is 0 Å². The molecule has 3 N–H and O–H groups in total. The number of ether oxygens (including phenoxy) is 1. The highest BCUT2D eigenvalue weighted by molar-refractivity contribution is 8.11. The smallest absolute Gasteiger partial charge is 0.402 e. The van der Waals surface area contributed by atoms with Crippen molar-refractivity contribution in [3.63, 3.8) is 0 Å². The summed E-state index contributed by atoms with van der Waals surface area (Å²) in [6.45, 7) is 9.47. The molecule has 2 aromatic rings. The van der Waals surface area contributed by atoms with Gasteiger partial charge in [-0.05, 0) is 56.3 Å². The molecule has 3 rings (SSSR count). The first kappa shape index (κ1) is 27.0. The van der Waals surface area contributed by atoms with Crippen LogP contribution in [-0.2, 0) is 11.0 Å². The minimum absolute atomic E-state index is 0.0434. The third-order valence-electron chi connectivity index (χ3n) is 4.63. The summed E-state index contributed by atoms with van der Waals surface area (Å²) < 4.78 is 56.8. The van der Waals surface area contributed by atoms with Crippen LogP contribution in [0.15, 0.2) is 47.8 Å². The zero-order valence-corrected chi connectivity index (χ0v) is 20.9. The van der Waals surface area contributed by atoms with E-state index in [-0.39, 0.29) is 11.9 Å². The summed E-state index contributed by atoms with van der Waals surface area (Å²) in [6.07, 6.45) is 0.595. The van der Waals surface area contributed by atoms with Gasteiger partial charge < -0.3 is 15.4 Å². The molecule has 0 bridgehead atoms. The first-order valence-corrected chi connectivity index (χ1v) is 12.9. The van der Waals surface area contributed by atoms with Gasteiger partial charge in [-0.2, -0.15) is 13.2 Å². The topological polar surface area (TPSA) is 101 Å². The van der Waals surface area contributed by atoms with Crippen LogP contribution in [0.25, 0.3) is 4.91 Å². The predicted molar refractivity (Wildman–Crippen MR) is 134 cm³/mol. The fraction of sp³-hybridized carbons (Fsp3) is 0.409. The van der Waals surface area contributed by atoms with Gasteiger partial charge in [-0.1, -0.05) is 18.3 Å². The van der Waals surface area contributed by atoms with Crippen LogP contribution in [0, 0.1) is 0 Å². The molecular weight excluding hydrogens is 501 g/mol. The lowest BCUT2D eigenvalue weighted by Gasteiger charge is -2.24. The molecule has 2 aromatic heterocycles. The molecule has 0 aliphatic carbocycles. The molecule has 1 aliphatic rings. The fourth-order valence-electron chi connectivity index (χ4n) is 3.22. The second kappa shape index (κ2) is 12.4. The van der Waals surface area contributed by atoms with Crippen molar-refractivity contribution in [2.75, 3.05) is 28.9 Å². The van der Waals surface area contributed by atoms with Crippen LogP contribution < -0.4 is 20.1 Å². The number of alkyl halides is 3. The number of hydrogen-bond acceptors (Lipinski definition) is 8. The normalized spacial score (nSPS) is 17.8. The molecule has 0 spiro atoms. The maximum absolute atomic E-state index is 12.4. The van der Waals surface area contributed by atoms with Gasteiger partial charge in [-0.3, -0.25) is 4.72 Å². The van der Waals surface area contributed by atoms with Crippen molar-refractivity contribution in [1.29, 1.82) is 0 Å². The van der Waals surface area contributed by atoms with Gasteiger partial charge in [0, 0.05) is 18.8 Å². The first-order valence-electron chi connectivity index (χ1n) is 10.8. The van der Waals surface area contributed by atoms with E-state index in [4.69, 9.17) is 4.74 Å². The molecule has 0 radical (unpaired) electrons. The molecule has 0 amide bonds. The Morgan fingerprint density at radius 1 is 1.31 bits per heavy atom. The van der Waals surface area contributed by atoms with Crippen molar-refractivity contribution in [2.24, 2.45) is 0 Å². The number of aromatic nitrogens is 3. The number of pyridine rings is 1. The maximum atomic E-state index is 12.4. The number of hydrogen-bond donors (Lipinski definition) is 3. The predicted octanol–water partition coefficient (Wildman–Crippen LogP) is 4.71. The quantitative estimate of drug-likeness (QED) is 0.382. The van der Waals surface area contributed by atoms with Crippen molar-refractivity contribution in [3.05, 3.63) is 53.5 Å². The number of nitrogens with one attached hydrogen (secondary N) is 3. The Morgan fingerprint density at radius 2 is 2.11 bits per heavy atom. The summed E-state index contributed by atoms with van der Waals surface area (Å²) in [4.78, 5) is 14.5. The highest BCUT2D eigenvalue weighted by Gasteiger charge is 2.30. The lowest BCUT2D eigenvalue weighted by atomic mass is 10.1. The van der Waals surface area contributed by atoms with Gasteiger partial charge in [0.15, 0.2) is 0 Å². The Balaban J connectivity index is 1.74. The monoisotopic (exact) mass is 528 g/mol. The number of piperidine rings is 1. The van der Waals surface area contributed by atoms with Gasteiger partial charge in [0.2, 0.25) is 5.95 Å². The Kier molecular flexibility index (Phi) is 9.52. The molecular formula is C22H27F3N6O2S2. The van der Waals surface area contributed by atoms with Crippen molar-refractivity contribution < 1.29 is 22.1 Å². The number of thioether (sulfide) groups is 1. The summed E-state index contributed by atoms with van der Waals surface area (Å²) in [6, 6.07) is 4.95. The minimum atomic E-state index is -4.54. The van der Waals surface area contributed by atoms with E-state index in [0.29, 0.717) is 23.2 Å². The molecule has 0 saturated carbocycles. The molecule has 13 heteroatoms. The van der Waals surface area contributed by atoms with Gasteiger partial charge in [0.25, 0.3) is 0 Å². The van der Waals surface area contributed by atoms with Crippen LogP contribution in [-0.4, -0.2) is 50.2 Å². The fourth-order valence-corrected chi connectivity index (χ4v) is 4.69. The number of rotatable bonds is 10. The number of nitrogens with zero attached hydrogens (tertiary/aromatic N) is 3. The SMILES string of the molecule is C=C(C)S/C(=C(\C)Oc1ccc(NS(=O)CC(F)(F)F)nc1)c1ccnc(NC2CCCNC2)n1. The number of anilines is 2. The summed E-state index contributed by atoms with van der Waals surface area (Å²) >= 11 is 1.40. The van der Waals surface area contributed by atoms with E-state index < -0.39 is 22.9 Å². The van der Waals surface area contributed by atoms with Crippen molar-refractivity contribution in [1.82, 2.24) is 20.3 Å². The van der Waals surface area contributed by atoms with Crippen LogP contribution in [0.3, 0.4) is 0 Å². The Morgan fingerprint density at radius 3 is 2.74 bits per heavy atom. The third kappa shape index (κ3) is 9.15. The summed E-state index contributed by atoms with van der Waals surface area (Å²) in [5.41, 5.74) is 0.658. The number of halogens is 3. The van der Waals surface area contributed by atoms with E-state index in [1.54, 1.807) is 19.2 Å². The van der Waals surface area contributed by atoms with E-state index in [2.05, 4.69) is 36.9 Å². The molecule has 1 aliphatic heterocycles. The molecule has 35 heavy (non-hydrogen) atoms. The minimum Gasteiger partial charge on any atom is -0.459 e. The zero-order chi connectivity index (χ0) is 25.4. The highest BCUT2D eigenvalue weighted by atomic mass is 32.2. The van der Waals surface area contributed by atoms with E-state index in [1.165, 1.54) is 30.1 Å². The summed E-state index contributed by atoms with van der Waals surface area (Å²) in [5.74, 6) is -0.0154. The Hall–Kier alpha value is -2.64. The van der Waals surface area contributed by atoms with Crippen LogP contribution >= 0.6 is 11.8 Å². The molecule has 0 aromatic carbocycles. The zero-order valence-electron chi connectivity index (χ0n) is 19.3. The second-order valence-corrected chi connectivity index (χ2v) is 10.3. The molecule has 3 heterocycles. The largest absolute Gasteiger partial charge is 0.459 e. The second-order valence-electron chi connectivity index (χ2n) is 7.83. The molecule has 1 saturated heterocycles. The van der Waals surface area contributed by atoms with Crippen LogP contribution in [0.2, 0.25) is 0 Å². The third-order valence-corrected chi connectivity index (χ3v) is 6.71. The van der Waals surface area contributed by atoms with Gasteiger partial charge in [-0.25, -0.2) is 19.2 Å². The molecule has 1 fully saturated rings.